The van der Waals surface area contributed by atoms with Gasteiger partial charge in [-0.1, -0.05) is 18.2 Å². The van der Waals surface area contributed by atoms with E-state index in [1.807, 2.05) is 0 Å². The number of rotatable bonds is 4. The van der Waals surface area contributed by atoms with Crippen LogP contribution in [0.1, 0.15) is 22.8 Å². The Bertz CT molecular complexity index is 651. The number of amides is 2. The molecule has 0 bridgehead atoms. The largest absolute Gasteiger partial charge is 0.508 e. The van der Waals surface area contributed by atoms with Gasteiger partial charge >= 0.3 is 6.03 Å². The van der Waals surface area contributed by atoms with E-state index in [4.69, 9.17) is 0 Å². The number of hydrogen-bond acceptors (Lipinski definition) is 3. The number of anilines is 1. The first-order valence-corrected chi connectivity index (χ1v) is 6.49. The third-order valence-corrected chi connectivity index (χ3v) is 2.98. The highest BCUT2D eigenvalue weighted by Gasteiger charge is 2.05. The van der Waals surface area contributed by atoms with Gasteiger partial charge in [-0.05, 0) is 37.3 Å². The molecule has 2 aromatic rings. The van der Waals surface area contributed by atoms with E-state index in [0.29, 0.717) is 16.8 Å². The molecule has 0 aliphatic carbocycles. The van der Waals surface area contributed by atoms with Crippen molar-refractivity contribution in [3.8, 4) is 5.75 Å². The molecule has 0 saturated heterocycles. The van der Waals surface area contributed by atoms with Gasteiger partial charge in [-0.2, -0.15) is 0 Å². The molecule has 0 heterocycles. The van der Waals surface area contributed by atoms with Crippen molar-refractivity contribution in [2.75, 3.05) is 5.32 Å². The number of carbonyl (C=O) groups excluding carboxylic acids is 2. The molecule has 21 heavy (non-hydrogen) atoms. The van der Waals surface area contributed by atoms with E-state index in [0.717, 1.165) is 0 Å². The quantitative estimate of drug-likeness (QED) is 0.755. The van der Waals surface area contributed by atoms with Crippen LogP contribution in [0.25, 0.3) is 0 Å². The number of phenolic OH excluding ortho intramolecular Hbond substituents is 1. The fourth-order valence-corrected chi connectivity index (χ4v) is 1.80. The Labute approximate surface area is 122 Å². The van der Waals surface area contributed by atoms with Gasteiger partial charge in [0.2, 0.25) is 0 Å². The van der Waals surface area contributed by atoms with E-state index >= 15 is 0 Å². The van der Waals surface area contributed by atoms with Crippen molar-refractivity contribution in [2.24, 2.45) is 0 Å². The number of Topliss-reactive ketones (excluding diaryl/α,β-unsaturated/α-hetero) is 1. The first kappa shape index (κ1) is 14.6. The lowest BCUT2D eigenvalue weighted by Gasteiger charge is -2.09. The van der Waals surface area contributed by atoms with Gasteiger partial charge in [-0.25, -0.2) is 4.79 Å². The Kier molecular flexibility index (Phi) is 4.56. The summed E-state index contributed by atoms with van der Waals surface area (Å²) in [5.74, 6) is 0.120. The van der Waals surface area contributed by atoms with Crippen LogP contribution in [0.4, 0.5) is 10.5 Å². The Morgan fingerprint density at radius 3 is 2.33 bits per heavy atom. The highest BCUT2D eigenvalue weighted by molar-refractivity contribution is 5.95. The fourth-order valence-electron chi connectivity index (χ4n) is 1.80. The molecular formula is C16H16N2O3. The summed E-state index contributed by atoms with van der Waals surface area (Å²) >= 11 is 0. The summed E-state index contributed by atoms with van der Waals surface area (Å²) in [5, 5.41) is 14.9. The van der Waals surface area contributed by atoms with Crippen LogP contribution in [0, 0.1) is 0 Å². The summed E-state index contributed by atoms with van der Waals surface area (Å²) < 4.78 is 0. The van der Waals surface area contributed by atoms with Gasteiger partial charge in [0.1, 0.15) is 5.75 Å². The average Bonchev–Trinajstić information content (AvgIpc) is 2.47. The van der Waals surface area contributed by atoms with E-state index < -0.39 is 0 Å². The average molecular weight is 284 g/mol. The summed E-state index contributed by atoms with van der Waals surface area (Å²) in [5.41, 5.74) is 1.82. The predicted octanol–water partition coefficient (Wildman–Crippen LogP) is 2.92. The molecule has 0 aliphatic rings. The van der Waals surface area contributed by atoms with Gasteiger partial charge < -0.3 is 15.7 Å². The molecule has 2 aromatic carbocycles. The van der Waals surface area contributed by atoms with Gasteiger partial charge in [0.25, 0.3) is 0 Å². The molecule has 108 valence electrons. The van der Waals surface area contributed by atoms with Crippen LogP contribution < -0.4 is 10.6 Å². The van der Waals surface area contributed by atoms with Gasteiger partial charge in [0.15, 0.2) is 5.78 Å². The summed E-state index contributed by atoms with van der Waals surface area (Å²) in [6.45, 7) is 1.71. The minimum absolute atomic E-state index is 0.0226. The van der Waals surface area contributed by atoms with Crippen molar-refractivity contribution in [2.45, 2.75) is 13.5 Å². The molecule has 5 nitrogen and oxygen atoms in total. The number of hydrogen-bond donors (Lipinski definition) is 3. The van der Waals surface area contributed by atoms with E-state index in [-0.39, 0.29) is 24.1 Å². The predicted molar refractivity (Wildman–Crippen MR) is 80.4 cm³/mol. The summed E-state index contributed by atoms with van der Waals surface area (Å²) in [6.07, 6.45) is 0. The minimum Gasteiger partial charge on any atom is -0.508 e. The molecule has 0 radical (unpaired) electrons. The van der Waals surface area contributed by atoms with Crippen molar-refractivity contribution in [1.29, 1.82) is 0 Å². The van der Waals surface area contributed by atoms with Crippen LogP contribution in [0.5, 0.6) is 5.75 Å². The molecule has 0 atom stereocenters. The molecule has 3 N–H and O–H groups in total. The lowest BCUT2D eigenvalue weighted by molar-refractivity contribution is 0.101. The van der Waals surface area contributed by atoms with Gasteiger partial charge in [-0.15, -0.1) is 0 Å². The zero-order valence-corrected chi connectivity index (χ0v) is 11.6. The molecule has 5 heteroatoms. The molecule has 0 aliphatic heterocycles. The van der Waals surface area contributed by atoms with Crippen molar-refractivity contribution >= 4 is 17.5 Å². The van der Waals surface area contributed by atoms with Crippen molar-refractivity contribution in [3.63, 3.8) is 0 Å². The van der Waals surface area contributed by atoms with Gasteiger partial charge in [0.05, 0.1) is 0 Å². The van der Waals surface area contributed by atoms with Crippen molar-refractivity contribution < 1.29 is 14.7 Å². The normalized spacial score (nSPS) is 9.95. The third-order valence-electron chi connectivity index (χ3n) is 2.98. The van der Waals surface area contributed by atoms with E-state index in [1.54, 1.807) is 48.5 Å². The number of nitrogens with one attached hydrogen (secondary N) is 2. The first-order chi connectivity index (χ1) is 10.1. The van der Waals surface area contributed by atoms with Crippen LogP contribution in [0.2, 0.25) is 0 Å². The van der Waals surface area contributed by atoms with E-state index in [2.05, 4.69) is 10.6 Å². The van der Waals surface area contributed by atoms with Crippen molar-refractivity contribution in [3.05, 3.63) is 59.7 Å². The molecule has 0 spiro atoms. The van der Waals surface area contributed by atoms with E-state index in [1.165, 1.54) is 6.92 Å². The number of urea groups is 1. The SMILES string of the molecule is CC(=O)c1ccc(NC(=O)NCc2ccccc2O)cc1. The zero-order valence-electron chi connectivity index (χ0n) is 11.6. The smallest absolute Gasteiger partial charge is 0.319 e. The Balaban J connectivity index is 1.90. The van der Waals surface area contributed by atoms with Crippen LogP contribution in [0.15, 0.2) is 48.5 Å². The summed E-state index contributed by atoms with van der Waals surface area (Å²) in [4.78, 5) is 22.9. The summed E-state index contributed by atoms with van der Waals surface area (Å²) in [6, 6.07) is 13.1. The maximum Gasteiger partial charge on any atom is 0.319 e. The van der Waals surface area contributed by atoms with Crippen LogP contribution in [-0.4, -0.2) is 16.9 Å². The maximum atomic E-state index is 11.7. The highest BCUT2D eigenvalue weighted by atomic mass is 16.3. The standard InChI is InChI=1S/C16H16N2O3/c1-11(19)12-6-8-14(9-7-12)18-16(21)17-10-13-4-2-3-5-15(13)20/h2-9,20H,10H2,1H3,(H2,17,18,21). The van der Waals surface area contributed by atoms with Gasteiger partial charge in [-0.3, -0.25) is 4.79 Å². The molecular weight excluding hydrogens is 268 g/mol. The second-order valence-corrected chi connectivity index (χ2v) is 4.57. The van der Waals surface area contributed by atoms with Gasteiger partial charge in [0, 0.05) is 23.4 Å². The monoisotopic (exact) mass is 284 g/mol. The molecule has 0 aromatic heterocycles. The van der Waals surface area contributed by atoms with Crippen LogP contribution in [0.3, 0.4) is 0 Å². The number of carbonyl (C=O) groups is 2. The molecule has 0 saturated carbocycles. The zero-order chi connectivity index (χ0) is 15.2. The van der Waals surface area contributed by atoms with E-state index in [9.17, 15) is 14.7 Å². The molecule has 0 unspecified atom stereocenters. The van der Waals surface area contributed by atoms with Crippen LogP contribution in [-0.2, 0) is 6.54 Å². The summed E-state index contributed by atoms with van der Waals surface area (Å²) in [7, 11) is 0. The molecule has 0 fully saturated rings. The molecule has 2 amide bonds. The topological polar surface area (TPSA) is 78.4 Å². The number of para-hydroxylation sites is 1. The number of benzene rings is 2. The highest BCUT2D eigenvalue weighted by Crippen LogP contribution is 2.15. The Hall–Kier alpha value is -2.82. The maximum absolute atomic E-state index is 11.7. The second-order valence-electron chi connectivity index (χ2n) is 4.57. The number of aromatic hydroxyl groups is 1. The second kappa shape index (κ2) is 6.56. The Morgan fingerprint density at radius 2 is 1.71 bits per heavy atom. The minimum atomic E-state index is -0.381. The lowest BCUT2D eigenvalue weighted by Crippen LogP contribution is -2.28. The van der Waals surface area contributed by atoms with Crippen LogP contribution >= 0.6 is 0 Å². The fraction of sp³-hybridized carbons (Fsp3) is 0.125. The number of phenols is 1. The van der Waals surface area contributed by atoms with Crippen molar-refractivity contribution in [1.82, 2.24) is 5.32 Å². The third kappa shape index (κ3) is 4.07. The first-order valence-electron chi connectivity index (χ1n) is 6.49. The Morgan fingerprint density at radius 1 is 1.05 bits per heavy atom. The molecule has 2 rings (SSSR count). The lowest BCUT2D eigenvalue weighted by atomic mass is 10.1. The number of ketones is 1.